The van der Waals surface area contributed by atoms with Crippen LogP contribution in [0.3, 0.4) is 0 Å². The predicted octanol–water partition coefficient (Wildman–Crippen LogP) is 6.12. The van der Waals surface area contributed by atoms with Crippen LogP contribution in [0.15, 0.2) is 48.7 Å². The maximum atomic E-state index is 14.4. The van der Waals surface area contributed by atoms with E-state index in [1.807, 2.05) is 6.07 Å². The van der Waals surface area contributed by atoms with Gasteiger partial charge >= 0.3 is 6.18 Å². The van der Waals surface area contributed by atoms with Crippen LogP contribution in [0.1, 0.15) is 72.1 Å². The Labute approximate surface area is 221 Å². The quantitative estimate of drug-likeness (QED) is 0.266. The topological polar surface area (TPSA) is 90.9 Å². The van der Waals surface area contributed by atoms with E-state index in [1.165, 1.54) is 18.2 Å². The molecule has 3 N–H and O–H groups in total. The molecule has 0 saturated heterocycles. The number of nitrogens with zero attached hydrogens (tertiary/aromatic N) is 2. The van der Waals surface area contributed by atoms with Crippen LogP contribution in [-0.2, 0) is 0 Å². The van der Waals surface area contributed by atoms with Crippen molar-refractivity contribution in [1.29, 1.82) is 0 Å². The molecule has 2 saturated carbocycles. The van der Waals surface area contributed by atoms with Gasteiger partial charge in [0.25, 0.3) is 5.91 Å². The van der Waals surface area contributed by atoms with Crippen LogP contribution in [0.4, 0.5) is 17.6 Å². The van der Waals surface area contributed by atoms with E-state index in [9.17, 15) is 27.5 Å². The first-order chi connectivity index (χ1) is 18.7. The molecule has 6 rings (SSSR count). The zero-order valence-electron chi connectivity index (χ0n) is 21.0. The molecule has 39 heavy (non-hydrogen) atoms. The number of imidazole rings is 1. The van der Waals surface area contributed by atoms with Crippen molar-refractivity contribution in [2.24, 2.45) is 5.92 Å². The molecule has 1 unspecified atom stereocenters. The number of benzene rings is 2. The van der Waals surface area contributed by atoms with Crippen molar-refractivity contribution in [3.8, 4) is 0 Å². The van der Waals surface area contributed by atoms with Gasteiger partial charge < -0.3 is 15.4 Å². The first-order valence-electron chi connectivity index (χ1n) is 13.2. The molecule has 1 atom stereocenters. The second-order valence-corrected chi connectivity index (χ2v) is 10.8. The van der Waals surface area contributed by atoms with E-state index < -0.39 is 24.1 Å². The number of aromatic amines is 1. The van der Waals surface area contributed by atoms with Crippen LogP contribution in [0.2, 0.25) is 0 Å². The molecule has 1 amide bonds. The van der Waals surface area contributed by atoms with Crippen LogP contribution >= 0.6 is 0 Å². The molecule has 10 heteroatoms. The number of H-pyrrole nitrogens is 1. The molecule has 2 aliphatic carbocycles. The Morgan fingerprint density at radius 1 is 1.03 bits per heavy atom. The summed E-state index contributed by atoms with van der Waals surface area (Å²) in [6.07, 6.45) is -0.456. The minimum absolute atomic E-state index is 0.0240. The van der Waals surface area contributed by atoms with Crippen molar-refractivity contribution in [3.05, 3.63) is 71.4 Å². The number of hydrogen-bond acceptors (Lipinski definition) is 4. The van der Waals surface area contributed by atoms with Gasteiger partial charge in [-0.25, -0.2) is 9.37 Å². The number of alkyl halides is 3. The van der Waals surface area contributed by atoms with Crippen LogP contribution in [-0.4, -0.2) is 44.3 Å². The molecule has 0 aliphatic heterocycles. The molecule has 0 bridgehead atoms. The predicted molar refractivity (Wildman–Crippen MR) is 138 cm³/mol. The van der Waals surface area contributed by atoms with E-state index >= 15 is 0 Å². The van der Waals surface area contributed by atoms with Gasteiger partial charge in [-0.05, 0) is 98.4 Å². The van der Waals surface area contributed by atoms with Gasteiger partial charge in [-0.3, -0.25) is 9.78 Å². The molecule has 6 nitrogen and oxygen atoms in total. The van der Waals surface area contributed by atoms with E-state index in [0.29, 0.717) is 66.0 Å². The van der Waals surface area contributed by atoms with Gasteiger partial charge in [-0.1, -0.05) is 0 Å². The highest BCUT2D eigenvalue weighted by molar-refractivity contribution is 5.97. The molecular formula is C29H28F4N4O2. The van der Waals surface area contributed by atoms with Crippen molar-refractivity contribution < 1.29 is 27.5 Å². The Kier molecular flexibility index (Phi) is 6.53. The average Bonchev–Trinajstić information content (AvgIpc) is 3.29. The van der Waals surface area contributed by atoms with Crippen LogP contribution in [0.5, 0.6) is 0 Å². The second kappa shape index (κ2) is 9.89. The Balaban J connectivity index is 1.21. The van der Waals surface area contributed by atoms with Gasteiger partial charge in [0.05, 0.1) is 22.7 Å². The van der Waals surface area contributed by atoms with E-state index in [-0.39, 0.29) is 29.5 Å². The lowest BCUT2D eigenvalue weighted by molar-refractivity contribution is -0.166. The zero-order chi connectivity index (χ0) is 27.3. The largest absolute Gasteiger partial charge is 0.399 e. The van der Waals surface area contributed by atoms with Crippen molar-refractivity contribution in [2.45, 2.75) is 68.7 Å². The summed E-state index contributed by atoms with van der Waals surface area (Å²) in [5, 5.41) is 13.0. The fourth-order valence-corrected chi connectivity index (χ4v) is 6.19. The van der Waals surface area contributed by atoms with Gasteiger partial charge in [-0.15, -0.1) is 0 Å². The summed E-state index contributed by atoms with van der Waals surface area (Å²) in [6, 6.07) is 10.8. The summed E-state index contributed by atoms with van der Waals surface area (Å²) in [5.41, 5.74) is 2.65. The number of aromatic nitrogens is 3. The SMILES string of the molecule is O=C(NC1CC(O)C1)c1ccc2[nH]c(C(C3CCC(c4ccnc5ccc(F)cc45)CC3)C(F)(F)F)nc2c1. The van der Waals surface area contributed by atoms with Crippen LogP contribution < -0.4 is 5.32 Å². The molecule has 0 radical (unpaired) electrons. The van der Waals surface area contributed by atoms with Gasteiger partial charge in [0.2, 0.25) is 0 Å². The minimum atomic E-state index is -4.50. The van der Waals surface area contributed by atoms with Crippen molar-refractivity contribution in [1.82, 2.24) is 20.3 Å². The number of halogens is 4. The van der Waals surface area contributed by atoms with Gasteiger partial charge in [-0.2, -0.15) is 13.2 Å². The lowest BCUT2D eigenvalue weighted by Gasteiger charge is -2.34. The third-order valence-electron chi connectivity index (χ3n) is 8.28. The number of amides is 1. The molecule has 4 aromatic rings. The smallest absolute Gasteiger partial charge is 0.393 e. The minimum Gasteiger partial charge on any atom is -0.393 e. The first-order valence-corrected chi connectivity index (χ1v) is 13.2. The van der Waals surface area contributed by atoms with Crippen molar-refractivity contribution in [2.75, 3.05) is 0 Å². The number of aliphatic hydroxyl groups excluding tert-OH is 1. The third-order valence-corrected chi connectivity index (χ3v) is 8.28. The average molecular weight is 541 g/mol. The monoisotopic (exact) mass is 540 g/mol. The van der Waals surface area contributed by atoms with Gasteiger partial charge in [0, 0.05) is 23.2 Å². The van der Waals surface area contributed by atoms with Gasteiger partial charge in [0.15, 0.2) is 0 Å². The van der Waals surface area contributed by atoms with E-state index in [0.717, 1.165) is 5.56 Å². The maximum Gasteiger partial charge on any atom is 0.399 e. The molecule has 2 aromatic carbocycles. The number of fused-ring (bicyclic) bond motifs is 2. The number of pyridine rings is 1. The molecule has 204 valence electrons. The summed E-state index contributed by atoms with van der Waals surface area (Å²) in [7, 11) is 0. The van der Waals surface area contributed by atoms with Crippen molar-refractivity contribution >= 4 is 27.8 Å². The van der Waals surface area contributed by atoms with Crippen LogP contribution in [0, 0.1) is 11.7 Å². The summed E-state index contributed by atoms with van der Waals surface area (Å²) in [4.78, 5) is 24.0. The van der Waals surface area contributed by atoms with Gasteiger partial charge in [0.1, 0.15) is 17.6 Å². The van der Waals surface area contributed by atoms with E-state index in [1.54, 1.807) is 24.4 Å². The van der Waals surface area contributed by atoms with Crippen LogP contribution in [0.25, 0.3) is 21.9 Å². The number of rotatable bonds is 5. The number of nitrogens with one attached hydrogen (secondary N) is 2. The lowest BCUT2D eigenvalue weighted by atomic mass is 9.73. The molecule has 0 spiro atoms. The summed E-state index contributed by atoms with van der Waals surface area (Å²) < 4.78 is 57.2. The van der Waals surface area contributed by atoms with E-state index in [2.05, 4.69) is 20.3 Å². The summed E-state index contributed by atoms with van der Waals surface area (Å²) in [6.45, 7) is 0. The van der Waals surface area contributed by atoms with Crippen molar-refractivity contribution in [3.63, 3.8) is 0 Å². The fourth-order valence-electron chi connectivity index (χ4n) is 6.19. The molecule has 2 fully saturated rings. The Morgan fingerprint density at radius 3 is 2.51 bits per heavy atom. The highest BCUT2D eigenvalue weighted by atomic mass is 19.4. The fraction of sp³-hybridized carbons (Fsp3) is 0.414. The molecular weight excluding hydrogens is 512 g/mol. The summed E-state index contributed by atoms with van der Waals surface area (Å²) in [5.74, 6) is -3.24. The molecule has 2 aliphatic rings. The Morgan fingerprint density at radius 2 is 1.79 bits per heavy atom. The Bertz CT molecular complexity index is 1520. The molecule has 2 aromatic heterocycles. The normalized spacial score (nSPS) is 24.4. The standard InChI is InChI=1S/C29H28F4N4O2/c30-18-6-8-23-22(12-18)21(9-10-34-23)15-1-3-16(4-2-15)26(29(31,32)33)27-36-24-7-5-17(11-25(24)37-27)28(39)35-19-13-20(38)14-19/h5-12,15-16,19-20,26,38H,1-4,13-14H2,(H,35,39)(H,36,37). The maximum absolute atomic E-state index is 14.4. The summed E-state index contributed by atoms with van der Waals surface area (Å²) >= 11 is 0. The number of hydrogen-bond donors (Lipinski definition) is 3. The number of carbonyl (C=O) groups is 1. The Hall–Kier alpha value is -3.53. The first kappa shape index (κ1) is 25.7. The second-order valence-electron chi connectivity index (χ2n) is 10.8. The molecule has 2 heterocycles. The lowest BCUT2D eigenvalue weighted by Crippen LogP contribution is -2.46. The zero-order valence-corrected chi connectivity index (χ0v) is 21.0. The highest BCUT2D eigenvalue weighted by Crippen LogP contribution is 2.48. The number of aliphatic hydroxyl groups is 1. The van der Waals surface area contributed by atoms with E-state index in [4.69, 9.17) is 0 Å². The third kappa shape index (κ3) is 5.09. The highest BCUT2D eigenvalue weighted by Gasteiger charge is 2.48. The number of carbonyl (C=O) groups excluding carboxylic acids is 1.